The highest BCUT2D eigenvalue weighted by Gasteiger charge is 2.51. The van der Waals surface area contributed by atoms with E-state index in [4.69, 9.17) is 0 Å². The Morgan fingerprint density at radius 3 is 1.16 bits per heavy atom. The third-order valence-electron chi connectivity index (χ3n) is 18.2. The summed E-state index contributed by atoms with van der Waals surface area (Å²) < 4.78 is 4.88. The van der Waals surface area contributed by atoms with Crippen LogP contribution in [0.5, 0.6) is 0 Å². The smallest absolute Gasteiger partial charge is 0.0725 e. The van der Waals surface area contributed by atoms with Crippen molar-refractivity contribution in [3.63, 3.8) is 0 Å². The number of rotatable bonds is 8. The van der Waals surface area contributed by atoms with E-state index in [1.165, 1.54) is 163 Å². The number of para-hydroxylation sites is 2. The van der Waals surface area contributed by atoms with E-state index in [2.05, 4.69) is 312 Å². The Morgan fingerprint density at radius 2 is 0.671 bits per heavy atom. The topological polar surface area (TPSA) is 9.86 Å². The lowest BCUT2D eigenvalue weighted by molar-refractivity contribution is 0.793. The summed E-state index contributed by atoms with van der Waals surface area (Å²) in [4.78, 5) is 4.96. The van der Waals surface area contributed by atoms with Crippen molar-refractivity contribution in [3.05, 3.63) is 322 Å². The highest BCUT2D eigenvalue weighted by molar-refractivity contribution is 7.16. The van der Waals surface area contributed by atoms with Gasteiger partial charge in [0.25, 0.3) is 0 Å². The van der Waals surface area contributed by atoms with E-state index in [9.17, 15) is 0 Å². The molecule has 0 fully saturated rings. The summed E-state index contributed by atoms with van der Waals surface area (Å²) in [7, 11) is 0. The van der Waals surface area contributed by atoms with Gasteiger partial charge in [-0.3, -0.25) is 0 Å². The molecule has 18 rings (SSSR count). The number of hydrogen-bond donors (Lipinski definition) is 0. The molecule has 0 N–H and O–H groups in total. The number of benzene rings is 12. The molecule has 4 heteroatoms. The van der Waals surface area contributed by atoms with Gasteiger partial charge in [-0.1, -0.05) is 206 Å². The average Bonchev–Trinajstić information content (AvgIpc) is 1.80. The summed E-state index contributed by atoms with van der Waals surface area (Å²) in [5.41, 5.74) is 22.2. The van der Waals surface area contributed by atoms with Gasteiger partial charge in [-0.05, 0) is 175 Å². The molecule has 2 aliphatic carbocycles. The van der Waals surface area contributed by atoms with E-state index >= 15 is 0 Å². The molecule has 396 valence electrons. The van der Waals surface area contributed by atoms with Crippen LogP contribution >= 0.6 is 22.7 Å². The molecule has 0 bridgehead atoms. The molecule has 16 aromatic rings. The third-order valence-corrected chi connectivity index (χ3v) is 20.4. The number of nitrogens with zero attached hydrogens (tertiary/aromatic N) is 2. The van der Waals surface area contributed by atoms with Gasteiger partial charge in [-0.15, -0.1) is 22.7 Å². The van der Waals surface area contributed by atoms with Crippen LogP contribution in [0.15, 0.2) is 279 Å². The van der Waals surface area contributed by atoms with Crippen molar-refractivity contribution in [1.82, 2.24) is 9.13 Å². The number of fused-ring (bicyclic) bond motifs is 18. The summed E-state index contributed by atoms with van der Waals surface area (Å²) in [6.45, 7) is 0. The van der Waals surface area contributed by atoms with Crippen LogP contribution < -0.4 is 0 Å². The minimum absolute atomic E-state index is 0.470. The molecule has 0 amide bonds. The first-order valence-corrected chi connectivity index (χ1v) is 30.8. The van der Waals surface area contributed by atoms with E-state index in [1.807, 2.05) is 22.7 Å². The molecule has 12 aromatic carbocycles. The van der Waals surface area contributed by atoms with Gasteiger partial charge in [0.1, 0.15) is 0 Å². The second-order valence-corrected chi connectivity index (χ2v) is 24.9. The molecule has 0 unspecified atom stereocenters. The van der Waals surface area contributed by atoms with Gasteiger partial charge >= 0.3 is 0 Å². The largest absolute Gasteiger partial charge is 0.309 e. The number of thiophene rings is 2. The standard InChI is InChI=1S/C81H50N2S2/c1-3-19-59-53(15-1)17-13-29-73(59)82-75-27-11-7-23-65(75)67-49-55(35-43-77(67)82)79-45-39-57(84-79)37-31-51-33-41-63-64-42-34-52(48-72(64)81(71(63)47-51)69-25-9-5-21-61(69)62-22-6-10-26-70(62)81)32-38-58-40-46-80(85-58)56-36-44-78-68(50-56)66-24-8-12-28-76(66)83(78)74-30-14-18-54-16-2-4-20-60(54)74/h1-50H. The molecule has 4 heterocycles. The monoisotopic (exact) mass is 1110 g/mol. The molecule has 4 aromatic heterocycles. The summed E-state index contributed by atoms with van der Waals surface area (Å²) in [5.74, 6) is 0. The summed E-state index contributed by atoms with van der Waals surface area (Å²) in [6, 6.07) is 104. The molecule has 0 radical (unpaired) electrons. The zero-order valence-electron chi connectivity index (χ0n) is 46.1. The second-order valence-electron chi connectivity index (χ2n) is 22.7. The SMILES string of the molecule is C(=Cc1ccc(-c2ccc3c(c2)c2ccccc2n3-c2cccc3ccccc23)s1)c1ccc2c(c1)C1(c3ccccc3-c3ccccc31)c1cc(C=Cc3ccc(-c4ccc5c(c4)c4ccccc4n5-c4cccc5ccccc45)s3)ccc1-2. The quantitative estimate of drug-likeness (QED) is 0.144. The fraction of sp³-hybridized carbons (Fsp3) is 0.0123. The maximum absolute atomic E-state index is 2.47. The van der Waals surface area contributed by atoms with Crippen molar-refractivity contribution in [2.45, 2.75) is 5.41 Å². The summed E-state index contributed by atoms with van der Waals surface area (Å²) in [5, 5.41) is 10.0. The lowest BCUT2D eigenvalue weighted by Crippen LogP contribution is -2.26. The minimum Gasteiger partial charge on any atom is -0.309 e. The Morgan fingerprint density at radius 1 is 0.271 bits per heavy atom. The molecule has 2 aliphatic rings. The molecular formula is C81H50N2S2. The second kappa shape index (κ2) is 18.8. The molecule has 1 spiro atoms. The van der Waals surface area contributed by atoms with Gasteiger partial charge in [0, 0.05) is 51.8 Å². The van der Waals surface area contributed by atoms with Crippen LogP contribution in [-0.4, -0.2) is 9.13 Å². The van der Waals surface area contributed by atoms with Crippen molar-refractivity contribution in [2.24, 2.45) is 0 Å². The Balaban J connectivity index is 0.673. The van der Waals surface area contributed by atoms with Crippen LogP contribution in [0, 0.1) is 0 Å². The molecule has 85 heavy (non-hydrogen) atoms. The van der Waals surface area contributed by atoms with Crippen molar-refractivity contribution in [1.29, 1.82) is 0 Å². The molecule has 0 saturated carbocycles. The fourth-order valence-corrected chi connectivity index (χ4v) is 16.3. The van der Waals surface area contributed by atoms with E-state index in [0.29, 0.717) is 0 Å². The van der Waals surface area contributed by atoms with E-state index in [-0.39, 0.29) is 0 Å². The van der Waals surface area contributed by atoms with Crippen molar-refractivity contribution >= 4 is 112 Å². The summed E-state index contributed by atoms with van der Waals surface area (Å²) in [6.07, 6.45) is 9.23. The Bertz CT molecular complexity index is 5160. The van der Waals surface area contributed by atoms with Gasteiger partial charge in [0.15, 0.2) is 0 Å². The Labute approximate surface area is 500 Å². The highest BCUT2D eigenvalue weighted by Crippen LogP contribution is 2.63. The first-order chi connectivity index (χ1) is 42.1. The van der Waals surface area contributed by atoms with E-state index in [0.717, 1.165) is 0 Å². The van der Waals surface area contributed by atoms with E-state index in [1.54, 1.807) is 0 Å². The fourth-order valence-electron chi connectivity index (χ4n) is 14.5. The predicted octanol–water partition coefficient (Wildman–Crippen LogP) is 22.3. The van der Waals surface area contributed by atoms with Crippen LogP contribution in [0.3, 0.4) is 0 Å². The van der Waals surface area contributed by atoms with Gasteiger partial charge in [-0.25, -0.2) is 0 Å². The lowest BCUT2D eigenvalue weighted by Gasteiger charge is -2.30. The maximum Gasteiger partial charge on any atom is 0.0725 e. The van der Waals surface area contributed by atoms with Gasteiger partial charge in [-0.2, -0.15) is 0 Å². The van der Waals surface area contributed by atoms with Crippen molar-refractivity contribution in [2.75, 3.05) is 0 Å². The number of aromatic nitrogens is 2. The van der Waals surface area contributed by atoms with Gasteiger partial charge < -0.3 is 9.13 Å². The molecule has 0 atom stereocenters. The average molecular weight is 1120 g/mol. The van der Waals surface area contributed by atoms with Crippen molar-refractivity contribution in [3.8, 4) is 54.5 Å². The van der Waals surface area contributed by atoms with Crippen LogP contribution in [0.4, 0.5) is 0 Å². The zero-order chi connectivity index (χ0) is 55.7. The van der Waals surface area contributed by atoms with Crippen LogP contribution in [-0.2, 0) is 5.41 Å². The zero-order valence-corrected chi connectivity index (χ0v) is 47.7. The third kappa shape index (κ3) is 7.29. The summed E-state index contributed by atoms with van der Waals surface area (Å²) >= 11 is 3.69. The Kier molecular flexibility index (Phi) is 10.7. The molecular weight excluding hydrogens is 1070 g/mol. The first kappa shape index (κ1) is 48.2. The van der Waals surface area contributed by atoms with E-state index < -0.39 is 5.41 Å². The molecule has 2 nitrogen and oxygen atoms in total. The minimum atomic E-state index is -0.470. The highest BCUT2D eigenvalue weighted by atomic mass is 32.1. The first-order valence-electron chi connectivity index (χ1n) is 29.2. The normalized spacial score (nSPS) is 13.2. The van der Waals surface area contributed by atoms with Crippen LogP contribution in [0.2, 0.25) is 0 Å². The van der Waals surface area contributed by atoms with Crippen molar-refractivity contribution < 1.29 is 0 Å². The lowest BCUT2D eigenvalue weighted by atomic mass is 9.70. The van der Waals surface area contributed by atoms with Crippen LogP contribution in [0.25, 0.3) is 144 Å². The van der Waals surface area contributed by atoms with Gasteiger partial charge in [0.05, 0.1) is 38.9 Å². The molecule has 0 aliphatic heterocycles. The Hall–Kier alpha value is -10.4. The molecule has 0 saturated heterocycles. The van der Waals surface area contributed by atoms with Crippen LogP contribution in [0.1, 0.15) is 43.1 Å². The number of hydrogen-bond acceptors (Lipinski definition) is 2. The maximum atomic E-state index is 2.47. The predicted molar refractivity (Wildman–Crippen MR) is 364 cm³/mol. The van der Waals surface area contributed by atoms with Gasteiger partial charge in [0.2, 0.25) is 0 Å².